The summed E-state index contributed by atoms with van der Waals surface area (Å²) in [6, 6.07) is 0. The van der Waals surface area contributed by atoms with Crippen molar-refractivity contribution in [2.24, 2.45) is 13.0 Å². The number of ketones is 2. The minimum atomic E-state index is -0.318. The number of aromatic nitrogens is 2. The van der Waals surface area contributed by atoms with Crippen LogP contribution >= 0.6 is 0 Å². The van der Waals surface area contributed by atoms with Gasteiger partial charge in [0.15, 0.2) is 5.78 Å². The third-order valence-corrected chi connectivity index (χ3v) is 4.91. The first kappa shape index (κ1) is 20.9. The van der Waals surface area contributed by atoms with Gasteiger partial charge < -0.3 is 14.4 Å². The number of likely N-dealkylation sites (tertiary alicyclic amines) is 1. The van der Waals surface area contributed by atoms with E-state index in [2.05, 4.69) is 5.10 Å². The lowest BCUT2D eigenvalue weighted by molar-refractivity contribution is -0.123. The van der Waals surface area contributed by atoms with Crippen molar-refractivity contribution in [3.8, 4) is 5.88 Å². The molecule has 2 rings (SSSR count). The van der Waals surface area contributed by atoms with Gasteiger partial charge in [0.05, 0.1) is 25.8 Å². The largest absolute Gasteiger partial charge is 0.481 e. The van der Waals surface area contributed by atoms with Gasteiger partial charge in [0.2, 0.25) is 5.88 Å². The zero-order valence-corrected chi connectivity index (χ0v) is 16.6. The second-order valence-electron chi connectivity index (χ2n) is 6.89. The first-order chi connectivity index (χ1) is 12.9. The van der Waals surface area contributed by atoms with Crippen LogP contribution in [0.2, 0.25) is 0 Å². The molecule has 0 bridgehead atoms. The third-order valence-electron chi connectivity index (χ3n) is 4.91. The summed E-state index contributed by atoms with van der Waals surface area (Å²) < 4.78 is 11.9. The average molecular weight is 379 g/mol. The fraction of sp³-hybridized carbons (Fsp3) is 0.684. The molecule has 27 heavy (non-hydrogen) atoms. The highest BCUT2D eigenvalue weighted by Gasteiger charge is 2.30. The number of piperidine rings is 1. The van der Waals surface area contributed by atoms with Gasteiger partial charge in [-0.25, -0.2) is 9.48 Å². The fourth-order valence-corrected chi connectivity index (χ4v) is 3.36. The SMILES string of the molecule is CCCCOC(=O)N1CCC(C(=O)CC(=O)c2c(C)nn(C)c2OC)CC1. The number of amides is 1. The van der Waals surface area contributed by atoms with Crippen molar-refractivity contribution in [3.63, 3.8) is 0 Å². The van der Waals surface area contributed by atoms with Crippen LogP contribution in [0.15, 0.2) is 0 Å². The molecule has 0 unspecified atom stereocenters. The molecule has 1 aliphatic heterocycles. The van der Waals surface area contributed by atoms with E-state index in [-0.39, 0.29) is 30.0 Å². The van der Waals surface area contributed by atoms with Crippen LogP contribution < -0.4 is 4.74 Å². The van der Waals surface area contributed by atoms with Gasteiger partial charge in [0, 0.05) is 26.1 Å². The molecule has 1 amide bonds. The Hall–Kier alpha value is -2.38. The smallest absolute Gasteiger partial charge is 0.409 e. The number of hydrogen-bond acceptors (Lipinski definition) is 6. The molecule has 0 atom stereocenters. The molecule has 1 fully saturated rings. The zero-order valence-electron chi connectivity index (χ0n) is 16.6. The zero-order chi connectivity index (χ0) is 20.0. The number of carbonyl (C=O) groups is 3. The van der Waals surface area contributed by atoms with E-state index in [4.69, 9.17) is 9.47 Å². The molecule has 0 spiro atoms. The van der Waals surface area contributed by atoms with Gasteiger partial charge in [-0.3, -0.25) is 9.59 Å². The molecule has 8 heteroatoms. The van der Waals surface area contributed by atoms with Crippen LogP contribution in [-0.4, -0.2) is 59.1 Å². The van der Waals surface area contributed by atoms with E-state index < -0.39 is 0 Å². The third kappa shape index (κ3) is 5.08. The molecule has 1 aliphatic rings. The minimum absolute atomic E-state index is 0.0932. The Kier molecular flexibility index (Phi) is 7.38. The van der Waals surface area contributed by atoms with Crippen molar-refractivity contribution in [2.45, 2.75) is 46.0 Å². The second kappa shape index (κ2) is 9.53. The summed E-state index contributed by atoms with van der Waals surface area (Å²) in [5.41, 5.74) is 0.919. The summed E-state index contributed by atoms with van der Waals surface area (Å²) >= 11 is 0. The van der Waals surface area contributed by atoms with Crippen molar-refractivity contribution < 1.29 is 23.9 Å². The fourth-order valence-electron chi connectivity index (χ4n) is 3.36. The van der Waals surface area contributed by atoms with E-state index in [1.54, 1.807) is 18.9 Å². The van der Waals surface area contributed by atoms with Crippen molar-refractivity contribution >= 4 is 17.7 Å². The van der Waals surface area contributed by atoms with Gasteiger partial charge in [0.25, 0.3) is 0 Å². The Morgan fingerprint density at radius 1 is 1.22 bits per heavy atom. The minimum Gasteiger partial charge on any atom is -0.481 e. The molecule has 0 aromatic carbocycles. The van der Waals surface area contributed by atoms with Crippen molar-refractivity contribution in [1.29, 1.82) is 0 Å². The van der Waals surface area contributed by atoms with Crippen LogP contribution in [0, 0.1) is 12.8 Å². The van der Waals surface area contributed by atoms with Crippen molar-refractivity contribution in [1.82, 2.24) is 14.7 Å². The van der Waals surface area contributed by atoms with E-state index >= 15 is 0 Å². The van der Waals surface area contributed by atoms with Crippen LogP contribution in [0.25, 0.3) is 0 Å². The molecule has 2 heterocycles. The molecular weight excluding hydrogens is 350 g/mol. The summed E-state index contributed by atoms with van der Waals surface area (Å²) in [5.74, 6) is -0.209. The Balaban J connectivity index is 1.88. The van der Waals surface area contributed by atoms with Gasteiger partial charge in [-0.2, -0.15) is 5.10 Å². The number of nitrogens with zero attached hydrogens (tertiary/aromatic N) is 3. The number of carbonyl (C=O) groups excluding carboxylic acids is 3. The summed E-state index contributed by atoms with van der Waals surface area (Å²) in [7, 11) is 3.17. The lowest BCUT2D eigenvalue weighted by Gasteiger charge is -2.30. The van der Waals surface area contributed by atoms with Crippen LogP contribution in [0.3, 0.4) is 0 Å². The maximum absolute atomic E-state index is 12.6. The van der Waals surface area contributed by atoms with E-state index in [0.29, 0.717) is 49.7 Å². The topological polar surface area (TPSA) is 90.7 Å². The van der Waals surface area contributed by atoms with Crippen LogP contribution in [0.5, 0.6) is 5.88 Å². The summed E-state index contributed by atoms with van der Waals surface area (Å²) in [5, 5.41) is 4.18. The van der Waals surface area contributed by atoms with Crippen LogP contribution in [0.1, 0.15) is 55.1 Å². The van der Waals surface area contributed by atoms with Gasteiger partial charge in [-0.05, 0) is 26.2 Å². The van der Waals surface area contributed by atoms with Crippen molar-refractivity contribution in [2.75, 3.05) is 26.8 Å². The molecule has 150 valence electrons. The molecule has 1 aromatic heterocycles. The van der Waals surface area contributed by atoms with Crippen LogP contribution in [0.4, 0.5) is 4.79 Å². The maximum Gasteiger partial charge on any atom is 0.409 e. The highest BCUT2D eigenvalue weighted by molar-refractivity contribution is 6.10. The maximum atomic E-state index is 12.6. The first-order valence-electron chi connectivity index (χ1n) is 9.44. The Morgan fingerprint density at radius 2 is 1.89 bits per heavy atom. The predicted molar refractivity (Wildman–Crippen MR) is 99.0 cm³/mol. The van der Waals surface area contributed by atoms with Gasteiger partial charge >= 0.3 is 6.09 Å². The number of ether oxygens (including phenoxy) is 2. The van der Waals surface area contributed by atoms with E-state index in [0.717, 1.165) is 12.8 Å². The highest BCUT2D eigenvalue weighted by atomic mass is 16.6. The second-order valence-corrected chi connectivity index (χ2v) is 6.89. The quantitative estimate of drug-likeness (QED) is 0.392. The highest BCUT2D eigenvalue weighted by Crippen LogP contribution is 2.25. The molecular formula is C19H29N3O5. The first-order valence-corrected chi connectivity index (χ1v) is 9.44. The number of rotatable bonds is 8. The molecule has 1 saturated heterocycles. The normalized spacial score (nSPS) is 14.9. The molecule has 0 saturated carbocycles. The standard InChI is InChI=1S/C19H29N3O5/c1-5-6-11-27-19(25)22-9-7-14(8-10-22)15(23)12-16(24)17-13(2)20-21(3)18(17)26-4/h14H,5-12H2,1-4H3. The number of aryl methyl sites for hydroxylation is 2. The Morgan fingerprint density at radius 3 is 2.48 bits per heavy atom. The van der Waals surface area contributed by atoms with Crippen LogP contribution in [-0.2, 0) is 16.6 Å². The lowest BCUT2D eigenvalue weighted by atomic mass is 9.89. The number of hydrogen-bond donors (Lipinski definition) is 0. The van der Waals surface area contributed by atoms with E-state index in [9.17, 15) is 14.4 Å². The molecule has 0 radical (unpaired) electrons. The lowest BCUT2D eigenvalue weighted by Crippen LogP contribution is -2.41. The molecule has 8 nitrogen and oxygen atoms in total. The van der Waals surface area contributed by atoms with Gasteiger partial charge in [0.1, 0.15) is 11.3 Å². The average Bonchev–Trinajstić information content (AvgIpc) is 2.95. The monoisotopic (exact) mass is 379 g/mol. The molecule has 0 aliphatic carbocycles. The van der Waals surface area contributed by atoms with E-state index in [1.807, 2.05) is 6.92 Å². The summed E-state index contributed by atoms with van der Waals surface area (Å²) in [4.78, 5) is 38.8. The number of methoxy groups -OCH3 is 1. The van der Waals surface area contributed by atoms with Crippen molar-refractivity contribution in [3.05, 3.63) is 11.3 Å². The van der Waals surface area contributed by atoms with Gasteiger partial charge in [-0.15, -0.1) is 0 Å². The molecule has 0 N–H and O–H groups in total. The molecule has 1 aromatic rings. The Bertz CT molecular complexity index is 690. The number of Topliss-reactive ketones (excluding diaryl/α,β-unsaturated/α-hetero) is 2. The van der Waals surface area contributed by atoms with Gasteiger partial charge in [-0.1, -0.05) is 13.3 Å². The Labute approximate surface area is 159 Å². The summed E-state index contributed by atoms with van der Waals surface area (Å²) in [6.45, 7) is 5.14. The predicted octanol–water partition coefficient (Wildman–Crippen LogP) is 2.53. The van der Waals surface area contributed by atoms with E-state index in [1.165, 1.54) is 11.8 Å². The summed E-state index contributed by atoms with van der Waals surface area (Å²) in [6.07, 6.45) is 2.44. The number of unbranched alkanes of at least 4 members (excludes halogenated alkanes) is 1.